The summed E-state index contributed by atoms with van der Waals surface area (Å²) in [5, 5.41) is 0.393. The second kappa shape index (κ2) is 4.85. The molecule has 1 rings (SSSR count). The van der Waals surface area contributed by atoms with Gasteiger partial charge in [-0.3, -0.25) is 4.79 Å². The molecule has 0 N–H and O–H groups in total. The Bertz CT molecular complexity index is 352. The van der Waals surface area contributed by atoms with Gasteiger partial charge in [0.1, 0.15) is 7.85 Å². The van der Waals surface area contributed by atoms with Gasteiger partial charge in [0.15, 0.2) is 0 Å². The van der Waals surface area contributed by atoms with Gasteiger partial charge in [-0.2, -0.15) is 0 Å². The van der Waals surface area contributed by atoms with Gasteiger partial charge < -0.3 is 0 Å². The van der Waals surface area contributed by atoms with Crippen molar-refractivity contribution in [2.24, 2.45) is 5.92 Å². The van der Waals surface area contributed by atoms with Crippen LogP contribution >= 0.6 is 23.2 Å². The van der Waals surface area contributed by atoms with Gasteiger partial charge in [-0.1, -0.05) is 35.6 Å². The van der Waals surface area contributed by atoms with Gasteiger partial charge in [-0.25, -0.2) is 0 Å². The van der Waals surface area contributed by atoms with Crippen LogP contribution in [0.5, 0.6) is 0 Å². The van der Waals surface area contributed by atoms with Crippen LogP contribution in [0.15, 0.2) is 18.2 Å². The van der Waals surface area contributed by atoms with Gasteiger partial charge in [-0.05, 0) is 30.2 Å². The van der Waals surface area contributed by atoms with Crippen molar-refractivity contribution in [2.45, 2.75) is 13.3 Å². The lowest BCUT2D eigenvalue weighted by molar-refractivity contribution is -0.114. The summed E-state index contributed by atoms with van der Waals surface area (Å²) < 4.78 is 0. The molecule has 0 aromatic heterocycles. The normalized spacial score (nSPS) is 12.5. The average Bonchev–Trinajstić information content (AvgIpc) is 2.11. The second-order valence-electron chi connectivity index (χ2n) is 3.48. The fourth-order valence-electron chi connectivity index (χ4n) is 1.27. The molecule has 0 bridgehead atoms. The third-order valence-corrected chi connectivity index (χ3v) is 2.83. The summed E-state index contributed by atoms with van der Waals surface area (Å²) in [6.07, 6.45) is 0.648. The number of benzene rings is 1. The Kier molecular flexibility index (Phi) is 4.03. The molecule has 74 valence electrons. The zero-order chi connectivity index (χ0) is 10.7. The molecule has 0 aliphatic carbocycles. The van der Waals surface area contributed by atoms with Gasteiger partial charge in [0.2, 0.25) is 5.24 Å². The zero-order valence-electron chi connectivity index (χ0n) is 8.18. The highest BCUT2D eigenvalue weighted by Gasteiger charge is 2.11. The summed E-state index contributed by atoms with van der Waals surface area (Å²) in [6, 6.07) is 5.67. The molecular weight excluding hydrogens is 218 g/mol. The van der Waals surface area contributed by atoms with E-state index in [2.05, 4.69) is 0 Å². The van der Waals surface area contributed by atoms with Gasteiger partial charge in [-0.15, -0.1) is 0 Å². The molecule has 0 spiro atoms. The molecule has 1 nitrogen and oxygen atoms in total. The van der Waals surface area contributed by atoms with Crippen molar-refractivity contribution >= 4 is 41.8 Å². The SMILES string of the molecule is Bc1ccc(Cl)cc1CC(C)C(=O)Cl. The topological polar surface area (TPSA) is 17.1 Å². The van der Waals surface area contributed by atoms with Gasteiger partial charge in [0.05, 0.1) is 0 Å². The summed E-state index contributed by atoms with van der Waals surface area (Å²) in [5.74, 6) is -0.158. The lowest BCUT2D eigenvalue weighted by atomic mass is 9.87. The van der Waals surface area contributed by atoms with Crippen LogP contribution < -0.4 is 5.46 Å². The molecule has 0 aliphatic heterocycles. The van der Waals surface area contributed by atoms with Gasteiger partial charge in [0.25, 0.3) is 0 Å². The van der Waals surface area contributed by atoms with Gasteiger partial charge in [0, 0.05) is 10.9 Å². The molecule has 0 fully saturated rings. The van der Waals surface area contributed by atoms with Crippen LogP contribution in [0.25, 0.3) is 0 Å². The van der Waals surface area contributed by atoms with E-state index >= 15 is 0 Å². The largest absolute Gasteiger partial charge is 0.281 e. The van der Waals surface area contributed by atoms with E-state index in [9.17, 15) is 4.79 Å². The molecule has 1 aromatic carbocycles. The first kappa shape index (κ1) is 11.6. The Morgan fingerprint density at radius 2 is 2.21 bits per heavy atom. The van der Waals surface area contributed by atoms with E-state index in [0.29, 0.717) is 11.4 Å². The third kappa shape index (κ3) is 3.04. The lowest BCUT2D eigenvalue weighted by Crippen LogP contribution is -2.16. The maximum Gasteiger partial charge on any atom is 0.224 e. The molecule has 0 amide bonds. The zero-order valence-corrected chi connectivity index (χ0v) is 9.69. The Morgan fingerprint density at radius 1 is 1.57 bits per heavy atom. The van der Waals surface area contributed by atoms with Crippen LogP contribution in [0, 0.1) is 5.92 Å². The standard InChI is InChI=1S/C10H11BCl2O/c1-6(10(13)14)4-7-5-8(12)2-3-9(7)11/h2-3,5-6H,4,11H2,1H3. The van der Waals surface area contributed by atoms with Crippen LogP contribution in [0.3, 0.4) is 0 Å². The quantitative estimate of drug-likeness (QED) is 0.567. The summed E-state index contributed by atoms with van der Waals surface area (Å²) in [4.78, 5) is 10.9. The minimum Gasteiger partial charge on any atom is -0.281 e. The Balaban J connectivity index is 2.85. The summed E-state index contributed by atoms with van der Waals surface area (Å²) in [6.45, 7) is 1.82. The number of hydrogen-bond acceptors (Lipinski definition) is 1. The van der Waals surface area contributed by atoms with Crippen molar-refractivity contribution in [3.63, 3.8) is 0 Å². The van der Waals surface area contributed by atoms with Crippen molar-refractivity contribution in [2.75, 3.05) is 0 Å². The molecule has 0 heterocycles. The average molecular weight is 229 g/mol. The predicted molar refractivity (Wildman–Crippen MR) is 63.4 cm³/mol. The highest BCUT2D eigenvalue weighted by atomic mass is 35.5. The van der Waals surface area contributed by atoms with Gasteiger partial charge >= 0.3 is 0 Å². The van der Waals surface area contributed by atoms with Crippen molar-refractivity contribution in [3.05, 3.63) is 28.8 Å². The molecule has 14 heavy (non-hydrogen) atoms. The van der Waals surface area contributed by atoms with Crippen LogP contribution in [0.4, 0.5) is 0 Å². The highest BCUT2D eigenvalue weighted by Crippen LogP contribution is 2.13. The summed E-state index contributed by atoms with van der Waals surface area (Å²) in [7, 11) is 2.00. The number of carbonyl (C=O) groups excluding carboxylic acids is 1. The van der Waals surface area contributed by atoms with Crippen LogP contribution in [0.2, 0.25) is 5.02 Å². The fraction of sp³-hybridized carbons (Fsp3) is 0.300. The molecule has 0 saturated carbocycles. The molecule has 1 atom stereocenters. The van der Waals surface area contributed by atoms with Crippen molar-refractivity contribution in [3.8, 4) is 0 Å². The first-order valence-electron chi connectivity index (χ1n) is 4.45. The Hall–Kier alpha value is -0.465. The monoisotopic (exact) mass is 228 g/mol. The number of hydrogen-bond donors (Lipinski definition) is 0. The minimum absolute atomic E-state index is 0.158. The number of halogens is 2. The molecule has 4 heteroatoms. The van der Waals surface area contributed by atoms with E-state index in [0.717, 1.165) is 11.0 Å². The highest BCUT2D eigenvalue weighted by molar-refractivity contribution is 6.63. The summed E-state index contributed by atoms with van der Waals surface area (Å²) >= 11 is 11.3. The maximum absolute atomic E-state index is 10.9. The number of carbonyl (C=O) groups is 1. The van der Waals surface area contributed by atoms with E-state index < -0.39 is 0 Å². The Labute approximate surface area is 94.8 Å². The predicted octanol–water partition coefficient (Wildman–Crippen LogP) is 1.54. The minimum atomic E-state index is -0.302. The van der Waals surface area contributed by atoms with E-state index in [1.54, 1.807) is 0 Å². The van der Waals surface area contributed by atoms with Crippen LogP contribution in [0.1, 0.15) is 12.5 Å². The summed E-state index contributed by atoms with van der Waals surface area (Å²) in [5.41, 5.74) is 2.22. The molecule has 0 saturated heterocycles. The second-order valence-corrected chi connectivity index (χ2v) is 4.29. The Morgan fingerprint density at radius 3 is 2.79 bits per heavy atom. The lowest BCUT2D eigenvalue weighted by Gasteiger charge is -2.09. The molecule has 1 aromatic rings. The molecule has 1 unspecified atom stereocenters. The van der Waals surface area contributed by atoms with E-state index in [1.807, 2.05) is 33.0 Å². The first-order chi connectivity index (χ1) is 6.50. The van der Waals surface area contributed by atoms with Crippen molar-refractivity contribution in [1.29, 1.82) is 0 Å². The van der Waals surface area contributed by atoms with E-state index in [4.69, 9.17) is 23.2 Å². The fourth-order valence-corrected chi connectivity index (χ4v) is 1.54. The molecular formula is C10H11BCl2O. The maximum atomic E-state index is 10.9. The smallest absolute Gasteiger partial charge is 0.224 e. The van der Waals surface area contributed by atoms with E-state index in [1.165, 1.54) is 0 Å². The number of rotatable bonds is 3. The van der Waals surface area contributed by atoms with Crippen LogP contribution in [-0.4, -0.2) is 13.1 Å². The molecule has 0 aliphatic rings. The van der Waals surface area contributed by atoms with Crippen LogP contribution in [-0.2, 0) is 11.2 Å². The third-order valence-electron chi connectivity index (χ3n) is 2.22. The molecule has 0 radical (unpaired) electrons. The first-order valence-corrected chi connectivity index (χ1v) is 5.20. The van der Waals surface area contributed by atoms with Crippen molar-refractivity contribution < 1.29 is 4.79 Å². The van der Waals surface area contributed by atoms with Crippen molar-refractivity contribution in [1.82, 2.24) is 0 Å². The van der Waals surface area contributed by atoms with E-state index in [-0.39, 0.29) is 11.2 Å².